The molecule has 2 N–H and O–H groups in total. The lowest BCUT2D eigenvalue weighted by atomic mass is 9.91. The molecular formula is C12H18ClNO. The summed E-state index contributed by atoms with van der Waals surface area (Å²) in [6.07, 6.45) is 1.66. The lowest BCUT2D eigenvalue weighted by Crippen LogP contribution is -2.39. The molecule has 2 nitrogen and oxygen atoms in total. The minimum Gasteiger partial charge on any atom is -0.385 e. The number of benzene rings is 1. The molecule has 0 heterocycles. The van der Waals surface area contributed by atoms with Crippen LogP contribution in [0.1, 0.15) is 18.9 Å². The van der Waals surface area contributed by atoms with E-state index in [9.17, 15) is 0 Å². The molecule has 0 aliphatic rings. The van der Waals surface area contributed by atoms with E-state index in [0.29, 0.717) is 6.61 Å². The van der Waals surface area contributed by atoms with E-state index in [0.717, 1.165) is 17.9 Å². The Labute approximate surface area is 96.4 Å². The van der Waals surface area contributed by atoms with Crippen molar-refractivity contribution in [2.45, 2.75) is 25.3 Å². The molecule has 84 valence electrons. The lowest BCUT2D eigenvalue weighted by molar-refractivity contribution is 0.171. The van der Waals surface area contributed by atoms with Crippen molar-refractivity contribution in [1.29, 1.82) is 0 Å². The molecule has 0 aliphatic carbocycles. The van der Waals surface area contributed by atoms with Crippen molar-refractivity contribution < 1.29 is 4.74 Å². The van der Waals surface area contributed by atoms with Gasteiger partial charge in [0.2, 0.25) is 0 Å². The molecule has 0 bridgehead atoms. The standard InChI is InChI=1S/C12H18ClNO/c1-12(14,6-7-15-2)9-10-4-3-5-11(13)8-10/h3-5,8H,6-7,9,14H2,1-2H3. The molecule has 0 radical (unpaired) electrons. The second-order valence-electron chi connectivity index (χ2n) is 4.20. The van der Waals surface area contributed by atoms with Crippen molar-refractivity contribution in [3.8, 4) is 0 Å². The molecule has 1 unspecified atom stereocenters. The van der Waals surface area contributed by atoms with Crippen LogP contribution in [0.5, 0.6) is 0 Å². The van der Waals surface area contributed by atoms with Crippen LogP contribution in [0.15, 0.2) is 24.3 Å². The van der Waals surface area contributed by atoms with Crippen LogP contribution < -0.4 is 5.73 Å². The van der Waals surface area contributed by atoms with E-state index in [1.807, 2.05) is 31.2 Å². The molecule has 0 fully saturated rings. The first-order valence-corrected chi connectivity index (χ1v) is 5.43. The summed E-state index contributed by atoms with van der Waals surface area (Å²) in [5.74, 6) is 0. The van der Waals surface area contributed by atoms with Gasteiger partial charge in [-0.3, -0.25) is 0 Å². The molecule has 3 heteroatoms. The molecule has 0 saturated heterocycles. The summed E-state index contributed by atoms with van der Waals surface area (Å²) in [5.41, 5.74) is 7.10. The summed E-state index contributed by atoms with van der Waals surface area (Å²) >= 11 is 5.91. The molecule has 0 saturated carbocycles. The molecule has 1 atom stereocenters. The molecule has 15 heavy (non-hydrogen) atoms. The van der Waals surface area contributed by atoms with Gasteiger partial charge in [0.05, 0.1) is 0 Å². The van der Waals surface area contributed by atoms with Crippen molar-refractivity contribution in [1.82, 2.24) is 0 Å². The van der Waals surface area contributed by atoms with Crippen LogP contribution in [-0.2, 0) is 11.2 Å². The van der Waals surface area contributed by atoms with Gasteiger partial charge in [-0.25, -0.2) is 0 Å². The Morgan fingerprint density at radius 1 is 1.47 bits per heavy atom. The van der Waals surface area contributed by atoms with Gasteiger partial charge in [-0.1, -0.05) is 23.7 Å². The second-order valence-corrected chi connectivity index (χ2v) is 4.64. The predicted molar refractivity (Wildman–Crippen MR) is 64.2 cm³/mol. The third kappa shape index (κ3) is 4.65. The summed E-state index contributed by atoms with van der Waals surface area (Å²) < 4.78 is 5.03. The summed E-state index contributed by atoms with van der Waals surface area (Å²) in [7, 11) is 1.69. The summed E-state index contributed by atoms with van der Waals surface area (Å²) in [4.78, 5) is 0. The summed E-state index contributed by atoms with van der Waals surface area (Å²) in [5, 5.41) is 0.759. The maximum absolute atomic E-state index is 6.16. The van der Waals surface area contributed by atoms with Gasteiger partial charge in [-0.15, -0.1) is 0 Å². The van der Waals surface area contributed by atoms with Crippen LogP contribution in [0.3, 0.4) is 0 Å². The van der Waals surface area contributed by atoms with E-state index in [1.165, 1.54) is 5.56 Å². The van der Waals surface area contributed by atoms with Crippen molar-refractivity contribution in [3.63, 3.8) is 0 Å². The molecule has 0 amide bonds. The molecule has 0 spiro atoms. The van der Waals surface area contributed by atoms with Gasteiger partial charge in [0, 0.05) is 24.3 Å². The normalized spacial score (nSPS) is 14.9. The lowest BCUT2D eigenvalue weighted by Gasteiger charge is -2.24. The molecule has 1 aromatic rings. The van der Waals surface area contributed by atoms with Crippen LogP contribution in [0.4, 0.5) is 0 Å². The summed E-state index contributed by atoms with van der Waals surface area (Å²) in [6.45, 7) is 2.72. The largest absolute Gasteiger partial charge is 0.385 e. The molecule has 1 rings (SSSR count). The third-order valence-electron chi connectivity index (χ3n) is 2.37. The van der Waals surface area contributed by atoms with Crippen molar-refractivity contribution in [2.75, 3.05) is 13.7 Å². The minimum atomic E-state index is -0.235. The van der Waals surface area contributed by atoms with Crippen LogP contribution >= 0.6 is 11.6 Å². The van der Waals surface area contributed by atoms with Gasteiger partial charge < -0.3 is 10.5 Å². The first-order valence-electron chi connectivity index (χ1n) is 5.06. The van der Waals surface area contributed by atoms with Crippen LogP contribution in [-0.4, -0.2) is 19.3 Å². The first-order chi connectivity index (χ1) is 7.03. The molecule has 1 aromatic carbocycles. The van der Waals surface area contributed by atoms with Crippen LogP contribution in [0, 0.1) is 0 Å². The quantitative estimate of drug-likeness (QED) is 0.840. The highest BCUT2D eigenvalue weighted by Gasteiger charge is 2.18. The average molecular weight is 228 g/mol. The highest BCUT2D eigenvalue weighted by atomic mass is 35.5. The van der Waals surface area contributed by atoms with Crippen molar-refractivity contribution in [2.24, 2.45) is 5.73 Å². The minimum absolute atomic E-state index is 0.235. The van der Waals surface area contributed by atoms with Crippen molar-refractivity contribution >= 4 is 11.6 Å². The zero-order valence-electron chi connectivity index (χ0n) is 9.29. The van der Waals surface area contributed by atoms with E-state index >= 15 is 0 Å². The fourth-order valence-electron chi connectivity index (χ4n) is 1.54. The predicted octanol–water partition coefficient (Wildman–Crippen LogP) is 2.64. The van der Waals surface area contributed by atoms with E-state index < -0.39 is 0 Å². The van der Waals surface area contributed by atoms with Gasteiger partial charge in [-0.2, -0.15) is 0 Å². The average Bonchev–Trinajstić information content (AvgIpc) is 2.14. The number of nitrogens with two attached hydrogens (primary N) is 1. The van der Waals surface area contributed by atoms with E-state index in [4.69, 9.17) is 22.1 Å². The van der Waals surface area contributed by atoms with Crippen LogP contribution in [0.25, 0.3) is 0 Å². The zero-order valence-corrected chi connectivity index (χ0v) is 10.1. The fourth-order valence-corrected chi connectivity index (χ4v) is 1.75. The number of hydrogen-bond acceptors (Lipinski definition) is 2. The monoisotopic (exact) mass is 227 g/mol. The highest BCUT2D eigenvalue weighted by Crippen LogP contribution is 2.17. The Balaban J connectivity index is 2.60. The fraction of sp³-hybridized carbons (Fsp3) is 0.500. The Morgan fingerprint density at radius 2 is 2.20 bits per heavy atom. The van der Waals surface area contributed by atoms with E-state index in [-0.39, 0.29) is 5.54 Å². The number of rotatable bonds is 5. The highest BCUT2D eigenvalue weighted by molar-refractivity contribution is 6.30. The van der Waals surface area contributed by atoms with Gasteiger partial charge >= 0.3 is 0 Å². The van der Waals surface area contributed by atoms with E-state index in [2.05, 4.69) is 0 Å². The smallest absolute Gasteiger partial charge is 0.0479 e. The van der Waals surface area contributed by atoms with Gasteiger partial charge in [0.25, 0.3) is 0 Å². The van der Waals surface area contributed by atoms with Gasteiger partial charge in [0.1, 0.15) is 0 Å². The number of halogens is 1. The Morgan fingerprint density at radius 3 is 2.80 bits per heavy atom. The molecular weight excluding hydrogens is 210 g/mol. The number of ether oxygens (including phenoxy) is 1. The SMILES string of the molecule is COCCC(C)(N)Cc1cccc(Cl)c1. The van der Waals surface area contributed by atoms with Gasteiger partial charge in [0.15, 0.2) is 0 Å². The van der Waals surface area contributed by atoms with E-state index in [1.54, 1.807) is 7.11 Å². The summed E-state index contributed by atoms with van der Waals surface area (Å²) in [6, 6.07) is 7.82. The Hall–Kier alpha value is -0.570. The number of methoxy groups -OCH3 is 1. The third-order valence-corrected chi connectivity index (χ3v) is 2.61. The second kappa shape index (κ2) is 5.50. The number of hydrogen-bond donors (Lipinski definition) is 1. The zero-order chi connectivity index (χ0) is 11.3. The Kier molecular flexibility index (Phi) is 4.58. The Bertz CT molecular complexity index is 312. The maximum Gasteiger partial charge on any atom is 0.0479 e. The van der Waals surface area contributed by atoms with Crippen LogP contribution in [0.2, 0.25) is 5.02 Å². The van der Waals surface area contributed by atoms with Crippen molar-refractivity contribution in [3.05, 3.63) is 34.9 Å². The molecule has 0 aliphatic heterocycles. The maximum atomic E-state index is 6.16. The first kappa shape index (κ1) is 12.5. The molecule has 0 aromatic heterocycles. The van der Waals surface area contributed by atoms with Gasteiger partial charge in [-0.05, 0) is 37.5 Å². The topological polar surface area (TPSA) is 35.2 Å².